The lowest BCUT2D eigenvalue weighted by Crippen LogP contribution is -2.41. The van der Waals surface area contributed by atoms with Crippen molar-refractivity contribution in [2.75, 3.05) is 26.0 Å². The molecular formula is C21H34N2O5S. The number of piperidine rings is 1. The van der Waals surface area contributed by atoms with Crippen molar-refractivity contribution < 1.29 is 25.2 Å². The summed E-state index contributed by atoms with van der Waals surface area (Å²) in [5.74, 6) is 3.10. The molecule has 4 rings (SSSR count). The van der Waals surface area contributed by atoms with E-state index >= 15 is 0 Å². The van der Waals surface area contributed by atoms with Crippen molar-refractivity contribution in [3.8, 4) is 5.88 Å². The molecule has 2 aliphatic carbocycles. The molecule has 0 unspecified atom stereocenters. The number of carbonyl (C=O) groups excluding carboxylic acids is 1. The first kappa shape index (κ1) is 23.8. The molecule has 0 spiro atoms. The third-order valence-corrected chi connectivity index (χ3v) is 7.10. The number of hydrogen-bond acceptors (Lipinski definition) is 5. The van der Waals surface area contributed by atoms with E-state index in [0.717, 1.165) is 80.3 Å². The first-order chi connectivity index (χ1) is 13.2. The molecule has 3 aliphatic rings. The largest absolute Gasteiger partial charge is 0.478 e. The number of amides is 1. The van der Waals surface area contributed by atoms with Gasteiger partial charge in [-0.15, -0.1) is 11.8 Å². The van der Waals surface area contributed by atoms with E-state index in [-0.39, 0.29) is 23.1 Å². The lowest BCUT2D eigenvalue weighted by Gasteiger charge is -2.34. The number of likely N-dealkylation sites (tertiary alicyclic amines) is 1. The van der Waals surface area contributed by atoms with Crippen molar-refractivity contribution in [3.05, 3.63) is 18.3 Å². The Morgan fingerprint density at radius 3 is 2.55 bits per heavy atom. The van der Waals surface area contributed by atoms with Crippen LogP contribution in [0.4, 0.5) is 4.79 Å². The van der Waals surface area contributed by atoms with E-state index in [9.17, 15) is 4.79 Å². The standard InChI is InChI=1S/C21H30N2O3S.2H2O/c1-27-18-5-6-20(22-14-18)25-12-9-16-13-19(16)15-7-10-23(11-8-15)21(24)26-17-3-2-4-17;;/h5-6,14-17,19H,2-4,7-13H2,1H3;2*1H2/t16-,19-;;/m1../s1. The Labute approximate surface area is 177 Å². The second-order valence-corrected chi connectivity index (χ2v) is 8.97. The molecule has 164 valence electrons. The van der Waals surface area contributed by atoms with Crippen molar-refractivity contribution in [2.24, 2.45) is 17.8 Å². The molecule has 1 aromatic rings. The second kappa shape index (κ2) is 11.0. The SMILES string of the molecule is CSc1ccc(OCC[C@@H]2C[C@@H]2C2CCN(C(=O)OC3CCC3)CC2)nc1.O.O. The Morgan fingerprint density at radius 1 is 1.21 bits per heavy atom. The highest BCUT2D eigenvalue weighted by Crippen LogP contribution is 2.49. The van der Waals surface area contributed by atoms with Crippen molar-refractivity contribution in [3.63, 3.8) is 0 Å². The predicted molar refractivity (Wildman–Crippen MR) is 113 cm³/mol. The molecule has 1 amide bonds. The average Bonchev–Trinajstić information content (AvgIpc) is 3.45. The maximum Gasteiger partial charge on any atom is 0.410 e. The number of thioether (sulfide) groups is 1. The highest BCUT2D eigenvalue weighted by atomic mass is 32.2. The summed E-state index contributed by atoms with van der Waals surface area (Å²) < 4.78 is 11.3. The summed E-state index contributed by atoms with van der Waals surface area (Å²) in [5, 5.41) is 0. The molecule has 1 saturated heterocycles. The Kier molecular flexibility index (Phi) is 9.04. The molecule has 4 N–H and O–H groups in total. The van der Waals surface area contributed by atoms with Crippen molar-refractivity contribution >= 4 is 17.9 Å². The van der Waals surface area contributed by atoms with E-state index in [1.54, 1.807) is 11.8 Å². The fourth-order valence-electron chi connectivity index (χ4n) is 4.28. The summed E-state index contributed by atoms with van der Waals surface area (Å²) in [5.41, 5.74) is 0. The molecule has 0 bridgehead atoms. The van der Waals surface area contributed by atoms with Gasteiger partial charge in [-0.2, -0.15) is 0 Å². The molecule has 2 heterocycles. The van der Waals surface area contributed by atoms with Crippen LogP contribution in [-0.2, 0) is 4.74 Å². The van der Waals surface area contributed by atoms with E-state index in [1.165, 1.54) is 12.8 Å². The molecule has 3 fully saturated rings. The Hall–Kier alpha value is -1.51. The van der Waals surface area contributed by atoms with Crippen molar-refractivity contribution in [1.29, 1.82) is 0 Å². The third-order valence-electron chi connectivity index (χ3n) is 6.38. The predicted octanol–water partition coefficient (Wildman–Crippen LogP) is 2.96. The van der Waals surface area contributed by atoms with Crippen LogP contribution >= 0.6 is 11.8 Å². The summed E-state index contributed by atoms with van der Waals surface area (Å²) in [6.45, 7) is 2.47. The zero-order valence-electron chi connectivity index (χ0n) is 17.1. The first-order valence-corrected chi connectivity index (χ1v) is 11.5. The molecule has 8 heteroatoms. The zero-order chi connectivity index (χ0) is 18.6. The summed E-state index contributed by atoms with van der Waals surface area (Å²) in [4.78, 5) is 19.6. The smallest absolute Gasteiger partial charge is 0.410 e. The molecule has 0 radical (unpaired) electrons. The van der Waals surface area contributed by atoms with Gasteiger partial charge < -0.3 is 25.3 Å². The highest BCUT2D eigenvalue weighted by Gasteiger charge is 2.43. The molecule has 1 aromatic heterocycles. The maximum absolute atomic E-state index is 12.2. The third kappa shape index (κ3) is 6.23. The molecule has 2 atom stereocenters. The minimum atomic E-state index is -0.0844. The lowest BCUT2D eigenvalue weighted by atomic mass is 9.90. The Balaban J connectivity index is 0.00000150. The second-order valence-electron chi connectivity index (χ2n) is 8.09. The molecular weight excluding hydrogens is 392 g/mol. The van der Waals surface area contributed by atoms with Crippen LogP contribution in [0.2, 0.25) is 0 Å². The van der Waals surface area contributed by atoms with Gasteiger partial charge in [0.15, 0.2) is 0 Å². The summed E-state index contributed by atoms with van der Waals surface area (Å²) in [6, 6.07) is 4.01. The van der Waals surface area contributed by atoms with Gasteiger partial charge in [0.2, 0.25) is 5.88 Å². The van der Waals surface area contributed by atoms with Crippen LogP contribution in [0.25, 0.3) is 0 Å². The summed E-state index contributed by atoms with van der Waals surface area (Å²) in [7, 11) is 0. The summed E-state index contributed by atoms with van der Waals surface area (Å²) >= 11 is 1.69. The topological polar surface area (TPSA) is 115 Å². The van der Waals surface area contributed by atoms with Gasteiger partial charge >= 0.3 is 6.09 Å². The molecule has 0 aromatic carbocycles. The lowest BCUT2D eigenvalue weighted by molar-refractivity contribution is 0.0195. The number of aromatic nitrogens is 1. The molecule has 7 nitrogen and oxygen atoms in total. The minimum Gasteiger partial charge on any atom is -0.478 e. The van der Waals surface area contributed by atoms with Gasteiger partial charge in [0.25, 0.3) is 0 Å². The van der Waals surface area contributed by atoms with E-state index in [1.807, 2.05) is 23.4 Å². The van der Waals surface area contributed by atoms with E-state index < -0.39 is 0 Å². The van der Waals surface area contributed by atoms with Gasteiger partial charge in [-0.3, -0.25) is 0 Å². The van der Waals surface area contributed by atoms with Crippen LogP contribution in [0.3, 0.4) is 0 Å². The van der Waals surface area contributed by atoms with Gasteiger partial charge in [-0.25, -0.2) is 9.78 Å². The Bertz CT molecular complexity index is 632. The fourth-order valence-corrected chi connectivity index (χ4v) is 4.65. The molecule has 2 saturated carbocycles. The van der Waals surface area contributed by atoms with Gasteiger partial charge in [0.1, 0.15) is 6.10 Å². The van der Waals surface area contributed by atoms with Gasteiger partial charge in [-0.1, -0.05) is 0 Å². The molecule has 1 aliphatic heterocycles. The fraction of sp³-hybridized carbons (Fsp3) is 0.714. The van der Waals surface area contributed by atoms with Gasteiger partial charge in [-0.05, 0) is 75.0 Å². The molecule has 29 heavy (non-hydrogen) atoms. The van der Waals surface area contributed by atoms with Crippen molar-refractivity contribution in [1.82, 2.24) is 9.88 Å². The summed E-state index contributed by atoms with van der Waals surface area (Å²) in [6.07, 6.45) is 12.0. The van der Waals surface area contributed by atoms with Crippen LogP contribution in [0.5, 0.6) is 5.88 Å². The van der Waals surface area contributed by atoms with E-state index in [2.05, 4.69) is 11.1 Å². The van der Waals surface area contributed by atoms with Crippen LogP contribution < -0.4 is 4.74 Å². The van der Waals surface area contributed by atoms with Gasteiger partial charge in [0, 0.05) is 30.2 Å². The first-order valence-electron chi connectivity index (χ1n) is 10.3. The minimum absolute atomic E-state index is 0. The average molecular weight is 427 g/mol. The number of pyridine rings is 1. The number of nitrogens with zero attached hydrogens (tertiary/aromatic N) is 2. The van der Waals surface area contributed by atoms with Crippen LogP contribution in [0.1, 0.15) is 44.9 Å². The Morgan fingerprint density at radius 2 is 1.97 bits per heavy atom. The quantitative estimate of drug-likeness (QED) is 0.622. The normalized spacial score (nSPS) is 24.0. The van der Waals surface area contributed by atoms with E-state index in [4.69, 9.17) is 9.47 Å². The monoisotopic (exact) mass is 426 g/mol. The number of hydrogen-bond donors (Lipinski definition) is 0. The van der Waals surface area contributed by atoms with Gasteiger partial charge in [0.05, 0.1) is 6.61 Å². The van der Waals surface area contributed by atoms with Crippen LogP contribution in [0, 0.1) is 17.8 Å². The highest BCUT2D eigenvalue weighted by molar-refractivity contribution is 7.98. The maximum atomic E-state index is 12.2. The van der Waals surface area contributed by atoms with Crippen LogP contribution in [-0.4, -0.2) is 59.0 Å². The number of rotatable bonds is 7. The van der Waals surface area contributed by atoms with Crippen LogP contribution in [0.15, 0.2) is 23.2 Å². The van der Waals surface area contributed by atoms with Crippen molar-refractivity contribution in [2.45, 2.75) is 55.9 Å². The number of carbonyl (C=O) groups is 1. The zero-order valence-corrected chi connectivity index (χ0v) is 18.0. The number of ether oxygens (including phenoxy) is 2. The van der Waals surface area contributed by atoms with E-state index in [0.29, 0.717) is 0 Å².